The lowest BCUT2D eigenvalue weighted by atomic mass is 10.0. The highest BCUT2D eigenvalue weighted by Gasteiger charge is 2.18. The third-order valence-electron chi connectivity index (χ3n) is 2.67. The van der Waals surface area contributed by atoms with Crippen molar-refractivity contribution in [1.82, 2.24) is 5.43 Å². The first kappa shape index (κ1) is 11.6. The molecule has 2 aromatic rings. The topological polar surface area (TPSA) is 51.2 Å². The first-order valence-electron chi connectivity index (χ1n) is 5.27. The lowest BCUT2D eigenvalue weighted by Crippen LogP contribution is -2.31. The molecule has 1 aromatic heterocycles. The minimum atomic E-state index is 0.0410. The maximum absolute atomic E-state index is 5.82. The summed E-state index contributed by atoms with van der Waals surface area (Å²) in [6.07, 6.45) is 0. The SMILES string of the molecule is CC(C)C(NN)c1cc2cccc(Br)c2o1. The zero-order valence-electron chi connectivity index (χ0n) is 9.33. The number of benzene rings is 1. The number of hydrazine groups is 1. The van der Waals surface area contributed by atoms with E-state index in [0.29, 0.717) is 5.92 Å². The van der Waals surface area contributed by atoms with Gasteiger partial charge in [-0.2, -0.15) is 0 Å². The highest BCUT2D eigenvalue weighted by molar-refractivity contribution is 9.10. The van der Waals surface area contributed by atoms with E-state index < -0.39 is 0 Å². The van der Waals surface area contributed by atoms with Crippen LogP contribution < -0.4 is 11.3 Å². The van der Waals surface area contributed by atoms with Gasteiger partial charge >= 0.3 is 0 Å². The van der Waals surface area contributed by atoms with Crippen LogP contribution in [-0.4, -0.2) is 0 Å². The Morgan fingerprint density at radius 2 is 2.12 bits per heavy atom. The normalized spacial score (nSPS) is 13.6. The molecule has 4 heteroatoms. The summed E-state index contributed by atoms with van der Waals surface area (Å²) in [5.74, 6) is 6.80. The van der Waals surface area contributed by atoms with E-state index in [1.165, 1.54) is 0 Å². The average Bonchev–Trinajstić information content (AvgIpc) is 2.63. The highest BCUT2D eigenvalue weighted by Crippen LogP contribution is 2.31. The Morgan fingerprint density at radius 1 is 1.38 bits per heavy atom. The second kappa shape index (κ2) is 4.57. The maximum atomic E-state index is 5.82. The molecule has 16 heavy (non-hydrogen) atoms. The fourth-order valence-corrected chi connectivity index (χ4v) is 2.27. The number of para-hydroxylation sites is 1. The van der Waals surface area contributed by atoms with E-state index in [0.717, 1.165) is 21.2 Å². The van der Waals surface area contributed by atoms with Crippen molar-refractivity contribution in [3.63, 3.8) is 0 Å². The van der Waals surface area contributed by atoms with Gasteiger partial charge < -0.3 is 4.42 Å². The molecule has 0 amide bonds. The van der Waals surface area contributed by atoms with Crippen molar-refractivity contribution in [3.8, 4) is 0 Å². The van der Waals surface area contributed by atoms with Crippen LogP contribution in [0.1, 0.15) is 25.6 Å². The number of nitrogens with two attached hydrogens (primary N) is 1. The summed E-state index contributed by atoms with van der Waals surface area (Å²) < 4.78 is 6.79. The maximum Gasteiger partial charge on any atom is 0.148 e. The molecular weight excluding hydrogens is 268 g/mol. The van der Waals surface area contributed by atoms with Gasteiger partial charge in [0, 0.05) is 5.39 Å². The molecule has 1 heterocycles. The van der Waals surface area contributed by atoms with Crippen molar-refractivity contribution in [3.05, 3.63) is 34.5 Å². The van der Waals surface area contributed by atoms with Crippen LogP contribution in [0.5, 0.6) is 0 Å². The first-order chi connectivity index (χ1) is 7.63. The molecule has 0 aliphatic heterocycles. The van der Waals surface area contributed by atoms with Gasteiger partial charge in [-0.25, -0.2) is 5.43 Å². The number of nitrogens with one attached hydrogen (secondary N) is 1. The molecule has 1 atom stereocenters. The van der Waals surface area contributed by atoms with Crippen LogP contribution in [-0.2, 0) is 0 Å². The Morgan fingerprint density at radius 3 is 2.69 bits per heavy atom. The molecule has 86 valence electrons. The summed E-state index contributed by atoms with van der Waals surface area (Å²) in [6.45, 7) is 4.21. The number of rotatable bonds is 3. The zero-order chi connectivity index (χ0) is 11.7. The van der Waals surface area contributed by atoms with Gasteiger partial charge in [-0.1, -0.05) is 26.0 Å². The van der Waals surface area contributed by atoms with E-state index in [2.05, 4.69) is 35.2 Å². The van der Waals surface area contributed by atoms with E-state index in [-0.39, 0.29) is 6.04 Å². The summed E-state index contributed by atoms with van der Waals surface area (Å²) in [5, 5.41) is 1.09. The van der Waals surface area contributed by atoms with Crippen molar-refractivity contribution in [2.24, 2.45) is 11.8 Å². The summed E-state index contributed by atoms with van der Waals surface area (Å²) in [5.41, 5.74) is 3.66. The minimum absolute atomic E-state index is 0.0410. The van der Waals surface area contributed by atoms with E-state index in [4.69, 9.17) is 10.3 Å². The lowest BCUT2D eigenvalue weighted by molar-refractivity contribution is 0.355. The Bertz CT molecular complexity index is 493. The Hall–Kier alpha value is -0.840. The Labute approximate surface area is 103 Å². The van der Waals surface area contributed by atoms with Crippen LogP contribution in [0.25, 0.3) is 11.0 Å². The van der Waals surface area contributed by atoms with Crippen LogP contribution in [0.15, 0.2) is 33.2 Å². The molecule has 1 unspecified atom stereocenters. The van der Waals surface area contributed by atoms with Crippen LogP contribution in [0.4, 0.5) is 0 Å². The van der Waals surface area contributed by atoms with E-state index in [9.17, 15) is 0 Å². The fourth-order valence-electron chi connectivity index (χ4n) is 1.80. The molecule has 0 aliphatic carbocycles. The van der Waals surface area contributed by atoms with Gasteiger partial charge in [0.05, 0.1) is 10.5 Å². The van der Waals surface area contributed by atoms with E-state index in [1.807, 2.05) is 24.3 Å². The second-order valence-electron chi connectivity index (χ2n) is 4.20. The average molecular weight is 283 g/mol. The molecule has 0 saturated carbocycles. The predicted octanol–water partition coefficient (Wildman–Crippen LogP) is 3.36. The fraction of sp³-hybridized carbons (Fsp3) is 0.333. The van der Waals surface area contributed by atoms with Crippen LogP contribution in [0.3, 0.4) is 0 Å². The largest absolute Gasteiger partial charge is 0.458 e. The molecule has 3 nitrogen and oxygen atoms in total. The summed E-state index contributed by atoms with van der Waals surface area (Å²) in [6, 6.07) is 8.06. The third-order valence-corrected chi connectivity index (χ3v) is 3.29. The molecule has 0 spiro atoms. The van der Waals surface area contributed by atoms with Crippen molar-refractivity contribution in [2.75, 3.05) is 0 Å². The minimum Gasteiger partial charge on any atom is -0.458 e. The van der Waals surface area contributed by atoms with Crippen molar-refractivity contribution < 1.29 is 4.42 Å². The van der Waals surface area contributed by atoms with Crippen LogP contribution in [0, 0.1) is 5.92 Å². The van der Waals surface area contributed by atoms with Gasteiger partial charge in [-0.15, -0.1) is 0 Å². The van der Waals surface area contributed by atoms with Crippen LogP contribution in [0.2, 0.25) is 0 Å². The number of hydrogen-bond acceptors (Lipinski definition) is 3. The van der Waals surface area contributed by atoms with Crippen molar-refractivity contribution >= 4 is 26.9 Å². The van der Waals surface area contributed by atoms with Crippen molar-refractivity contribution in [1.29, 1.82) is 0 Å². The van der Waals surface area contributed by atoms with Gasteiger partial charge in [0.2, 0.25) is 0 Å². The number of furan rings is 1. The smallest absolute Gasteiger partial charge is 0.148 e. The van der Waals surface area contributed by atoms with Gasteiger partial charge in [0.25, 0.3) is 0 Å². The molecule has 0 aliphatic rings. The molecule has 1 aromatic carbocycles. The van der Waals surface area contributed by atoms with Gasteiger partial charge in [-0.3, -0.25) is 5.84 Å². The molecule has 0 radical (unpaired) electrons. The monoisotopic (exact) mass is 282 g/mol. The lowest BCUT2D eigenvalue weighted by Gasteiger charge is -2.16. The molecule has 0 saturated heterocycles. The molecule has 3 N–H and O–H groups in total. The third kappa shape index (κ3) is 2.00. The Kier molecular flexibility index (Phi) is 3.33. The van der Waals surface area contributed by atoms with Gasteiger partial charge in [0.15, 0.2) is 0 Å². The van der Waals surface area contributed by atoms with E-state index in [1.54, 1.807) is 0 Å². The molecule has 0 fully saturated rings. The number of halogens is 1. The first-order valence-corrected chi connectivity index (χ1v) is 6.07. The second-order valence-corrected chi connectivity index (χ2v) is 5.05. The van der Waals surface area contributed by atoms with Gasteiger partial charge in [0.1, 0.15) is 11.3 Å². The zero-order valence-corrected chi connectivity index (χ0v) is 10.9. The number of hydrogen-bond donors (Lipinski definition) is 2. The van der Waals surface area contributed by atoms with Crippen LogP contribution >= 0.6 is 15.9 Å². The van der Waals surface area contributed by atoms with Crippen molar-refractivity contribution in [2.45, 2.75) is 19.9 Å². The number of fused-ring (bicyclic) bond motifs is 1. The Balaban J connectivity index is 2.50. The summed E-state index contributed by atoms with van der Waals surface area (Å²) >= 11 is 3.47. The molecule has 0 bridgehead atoms. The highest BCUT2D eigenvalue weighted by atomic mass is 79.9. The quantitative estimate of drug-likeness (QED) is 0.671. The summed E-state index contributed by atoms with van der Waals surface area (Å²) in [4.78, 5) is 0. The standard InChI is InChI=1S/C12H15BrN2O/c1-7(2)11(15-14)10-6-8-4-3-5-9(13)12(8)16-10/h3-7,11,15H,14H2,1-2H3. The van der Waals surface area contributed by atoms with Gasteiger partial charge in [-0.05, 0) is 34.0 Å². The van der Waals surface area contributed by atoms with E-state index >= 15 is 0 Å². The summed E-state index contributed by atoms with van der Waals surface area (Å²) in [7, 11) is 0. The molecular formula is C12H15BrN2O. The molecule has 2 rings (SSSR count). The predicted molar refractivity (Wildman–Crippen MR) is 68.8 cm³/mol.